The molecule has 10 heteroatoms. The number of phenols is 1. The second-order valence-electron chi connectivity index (χ2n) is 4.58. The molecule has 0 aromatic heterocycles. The van der Waals surface area contributed by atoms with Crippen LogP contribution in [-0.2, 0) is 0 Å². The number of primary amides is 1. The average Bonchev–Trinajstić information content (AvgIpc) is 2.64. The molecule has 0 fully saturated rings. The van der Waals surface area contributed by atoms with Gasteiger partial charge < -0.3 is 42.1 Å². The third-order valence-electron chi connectivity index (χ3n) is 2.72. The van der Waals surface area contributed by atoms with Gasteiger partial charge in [-0.05, 0) is 11.6 Å². The fourth-order valence-electron chi connectivity index (χ4n) is 1.62. The highest BCUT2D eigenvalue weighted by molar-refractivity contribution is 5.73. The summed E-state index contributed by atoms with van der Waals surface area (Å²) in [6, 6.07) is 15.9. The smallest absolute Gasteiger partial charge is 0.318 e. The minimum absolute atomic E-state index is 0.328. The van der Waals surface area contributed by atoms with E-state index in [0.717, 1.165) is 11.1 Å². The standard InChI is InChI=1S/C12H10O.C3H8N2O3.C2H6N2O2/c13-12-9-5-4-8-11(12)10-6-2-1-3-7-10;6-1-4-3(8)5-2-7;3-2(6)4-1-5/h1-9,13H;6-7H,1-2H2,(H2,4,5,8);5H,1H2,(H3,3,4,6). The highest BCUT2D eigenvalue weighted by Crippen LogP contribution is 2.27. The Balaban J connectivity index is 0.000000418. The van der Waals surface area contributed by atoms with Gasteiger partial charge in [0, 0.05) is 5.56 Å². The molecule has 0 bridgehead atoms. The van der Waals surface area contributed by atoms with Crippen molar-refractivity contribution in [1.29, 1.82) is 0 Å². The van der Waals surface area contributed by atoms with Gasteiger partial charge in [0.2, 0.25) is 0 Å². The molecule has 0 radical (unpaired) electrons. The van der Waals surface area contributed by atoms with E-state index in [1.54, 1.807) is 6.07 Å². The molecule has 0 spiro atoms. The van der Waals surface area contributed by atoms with Crippen LogP contribution in [0.3, 0.4) is 0 Å². The Bertz CT molecular complexity index is 661. The van der Waals surface area contributed by atoms with Gasteiger partial charge in [-0.2, -0.15) is 0 Å². The Morgan fingerprint density at radius 1 is 0.778 bits per heavy atom. The van der Waals surface area contributed by atoms with Crippen molar-refractivity contribution in [1.82, 2.24) is 16.0 Å². The number of carbonyl (C=O) groups is 2. The maximum Gasteiger partial charge on any atom is 0.318 e. The maximum atomic E-state index is 10.1. The molecule has 9 N–H and O–H groups in total. The second kappa shape index (κ2) is 15.0. The topological polar surface area (TPSA) is 177 Å². The van der Waals surface area contributed by atoms with Gasteiger partial charge in [-0.15, -0.1) is 0 Å². The summed E-state index contributed by atoms with van der Waals surface area (Å²) in [4.78, 5) is 19.7. The number of carbonyl (C=O) groups excluding carboxylic acids is 2. The summed E-state index contributed by atoms with van der Waals surface area (Å²) in [7, 11) is 0. The Labute approximate surface area is 156 Å². The van der Waals surface area contributed by atoms with E-state index in [0.29, 0.717) is 5.75 Å². The lowest BCUT2D eigenvalue weighted by Gasteiger charge is -2.02. The maximum absolute atomic E-state index is 10.1. The number of hydrogen-bond donors (Lipinski definition) is 8. The molecule has 2 aromatic rings. The lowest BCUT2D eigenvalue weighted by molar-refractivity contribution is 0.201. The molecule has 0 aliphatic rings. The molecule has 0 atom stereocenters. The molecule has 10 nitrogen and oxygen atoms in total. The molecule has 0 saturated carbocycles. The van der Waals surface area contributed by atoms with Gasteiger partial charge in [0.25, 0.3) is 0 Å². The first kappa shape index (κ1) is 23.7. The Morgan fingerprint density at radius 2 is 1.26 bits per heavy atom. The minimum Gasteiger partial charge on any atom is -0.507 e. The summed E-state index contributed by atoms with van der Waals surface area (Å²) in [6.07, 6.45) is 0. The van der Waals surface area contributed by atoms with Crippen molar-refractivity contribution in [2.45, 2.75) is 0 Å². The molecule has 27 heavy (non-hydrogen) atoms. The Morgan fingerprint density at radius 3 is 1.67 bits per heavy atom. The van der Waals surface area contributed by atoms with Crippen LogP contribution < -0.4 is 21.7 Å². The molecule has 0 unspecified atom stereocenters. The van der Waals surface area contributed by atoms with Crippen molar-refractivity contribution >= 4 is 12.1 Å². The quantitative estimate of drug-likeness (QED) is 0.342. The highest BCUT2D eigenvalue weighted by atomic mass is 16.3. The van der Waals surface area contributed by atoms with Gasteiger partial charge in [0.1, 0.15) is 25.9 Å². The third-order valence-corrected chi connectivity index (χ3v) is 2.72. The summed E-state index contributed by atoms with van der Waals surface area (Å²) >= 11 is 0. The number of amides is 4. The first-order chi connectivity index (χ1) is 13.0. The molecule has 2 aromatic carbocycles. The number of nitrogens with two attached hydrogens (primary N) is 1. The Kier molecular flexibility index (Phi) is 13.1. The van der Waals surface area contributed by atoms with Crippen molar-refractivity contribution in [3.8, 4) is 16.9 Å². The van der Waals surface area contributed by atoms with Crippen molar-refractivity contribution < 1.29 is 30.0 Å². The number of aliphatic hydroxyl groups is 3. The monoisotopic (exact) mass is 380 g/mol. The molecule has 2 rings (SSSR count). The summed E-state index contributed by atoms with van der Waals surface area (Å²) in [5, 5.41) is 39.3. The minimum atomic E-state index is -0.711. The van der Waals surface area contributed by atoms with E-state index >= 15 is 0 Å². The number of hydrogen-bond acceptors (Lipinski definition) is 6. The second-order valence-corrected chi connectivity index (χ2v) is 4.58. The molecule has 148 valence electrons. The first-order valence-corrected chi connectivity index (χ1v) is 7.67. The first-order valence-electron chi connectivity index (χ1n) is 7.67. The molecule has 4 amide bonds. The fourth-order valence-corrected chi connectivity index (χ4v) is 1.62. The summed E-state index contributed by atoms with van der Waals surface area (Å²) in [5.41, 5.74) is 6.41. The van der Waals surface area contributed by atoms with Crippen LogP contribution in [0, 0.1) is 0 Å². The van der Waals surface area contributed by atoms with Crippen molar-refractivity contribution in [2.75, 3.05) is 20.2 Å². The number of aromatic hydroxyl groups is 1. The van der Waals surface area contributed by atoms with Crippen LogP contribution in [0.1, 0.15) is 0 Å². The van der Waals surface area contributed by atoms with Gasteiger partial charge in [0.05, 0.1) is 0 Å². The predicted octanol–water partition coefficient (Wildman–Crippen LogP) is -0.151. The highest BCUT2D eigenvalue weighted by Gasteiger charge is 2.00. The summed E-state index contributed by atoms with van der Waals surface area (Å²) < 4.78 is 0. The van der Waals surface area contributed by atoms with E-state index in [4.69, 9.17) is 15.3 Å². The van der Waals surface area contributed by atoms with Crippen molar-refractivity contribution in [2.24, 2.45) is 5.73 Å². The molecule has 0 aliphatic carbocycles. The number of rotatable bonds is 4. The lowest BCUT2D eigenvalue weighted by atomic mass is 10.1. The third kappa shape index (κ3) is 11.8. The fraction of sp³-hybridized carbons (Fsp3) is 0.176. The molecule has 0 aliphatic heterocycles. The van der Waals surface area contributed by atoms with Crippen molar-refractivity contribution in [3.05, 3.63) is 54.6 Å². The van der Waals surface area contributed by atoms with Gasteiger partial charge in [-0.3, -0.25) is 0 Å². The number of phenolic OH excluding ortho intramolecular Hbond substituents is 1. The molecular formula is C17H24N4O6. The SMILES string of the molecule is NC(=O)NCO.O=C(NCO)NCO.Oc1ccccc1-c1ccccc1. The zero-order valence-corrected chi connectivity index (χ0v) is 14.5. The Hall–Kier alpha value is -3.34. The van der Waals surface area contributed by atoms with Gasteiger partial charge in [-0.25, -0.2) is 9.59 Å². The lowest BCUT2D eigenvalue weighted by Crippen LogP contribution is -2.36. The van der Waals surface area contributed by atoms with E-state index in [2.05, 4.69) is 5.73 Å². The van der Waals surface area contributed by atoms with E-state index in [1.165, 1.54) is 0 Å². The van der Waals surface area contributed by atoms with Gasteiger partial charge >= 0.3 is 12.1 Å². The van der Waals surface area contributed by atoms with E-state index in [1.807, 2.05) is 64.5 Å². The normalized spacial score (nSPS) is 8.85. The van der Waals surface area contributed by atoms with Crippen LogP contribution in [0.15, 0.2) is 54.6 Å². The largest absolute Gasteiger partial charge is 0.507 e. The number of urea groups is 2. The van der Waals surface area contributed by atoms with Crippen molar-refractivity contribution in [3.63, 3.8) is 0 Å². The van der Waals surface area contributed by atoms with Crippen LogP contribution in [-0.4, -0.2) is 52.7 Å². The summed E-state index contributed by atoms with van der Waals surface area (Å²) in [6.45, 7) is -1.24. The van der Waals surface area contributed by atoms with Crippen LogP contribution in [0.2, 0.25) is 0 Å². The molecule has 0 heterocycles. The average molecular weight is 380 g/mol. The molecule has 0 saturated heterocycles. The predicted molar refractivity (Wildman–Crippen MR) is 99.2 cm³/mol. The number of para-hydroxylation sites is 1. The zero-order chi connectivity index (χ0) is 20.5. The van der Waals surface area contributed by atoms with Crippen LogP contribution in [0.25, 0.3) is 11.1 Å². The van der Waals surface area contributed by atoms with Gasteiger partial charge in [-0.1, -0.05) is 48.5 Å². The van der Waals surface area contributed by atoms with E-state index < -0.39 is 32.3 Å². The number of nitrogens with one attached hydrogen (secondary N) is 3. The number of benzene rings is 2. The van der Waals surface area contributed by atoms with Crippen LogP contribution in [0.5, 0.6) is 5.75 Å². The number of aliphatic hydroxyl groups excluding tert-OH is 3. The zero-order valence-electron chi connectivity index (χ0n) is 14.5. The van der Waals surface area contributed by atoms with E-state index in [-0.39, 0.29) is 0 Å². The van der Waals surface area contributed by atoms with Gasteiger partial charge in [0.15, 0.2) is 0 Å². The molecular weight excluding hydrogens is 356 g/mol. The van der Waals surface area contributed by atoms with Crippen LogP contribution in [0.4, 0.5) is 9.59 Å². The van der Waals surface area contributed by atoms with Crippen LogP contribution >= 0.6 is 0 Å². The van der Waals surface area contributed by atoms with E-state index in [9.17, 15) is 14.7 Å². The summed E-state index contributed by atoms with van der Waals surface area (Å²) in [5.74, 6) is 0.328.